The number of nitrogens with zero attached hydrogens (tertiary/aromatic N) is 2. The van der Waals surface area contributed by atoms with Crippen molar-refractivity contribution in [3.8, 4) is 0 Å². The van der Waals surface area contributed by atoms with Crippen LogP contribution in [-0.4, -0.2) is 27.5 Å². The molecule has 4 nitrogen and oxygen atoms in total. The lowest BCUT2D eigenvalue weighted by molar-refractivity contribution is 0.899. The van der Waals surface area contributed by atoms with Crippen LogP contribution in [-0.2, 0) is 0 Å². The highest BCUT2D eigenvalue weighted by Gasteiger charge is 2.02. The molecule has 14 heavy (non-hydrogen) atoms. The Morgan fingerprint density at radius 3 is 2.86 bits per heavy atom. The molecule has 0 aliphatic carbocycles. The van der Waals surface area contributed by atoms with Gasteiger partial charge >= 0.3 is 0 Å². The lowest BCUT2D eigenvalue weighted by Gasteiger charge is -2.12. The summed E-state index contributed by atoms with van der Waals surface area (Å²) in [5.41, 5.74) is 5.43. The Morgan fingerprint density at radius 2 is 2.29 bits per heavy atom. The number of nitrogens with two attached hydrogens (primary N) is 1. The predicted octanol–water partition coefficient (Wildman–Crippen LogP) is 1.61. The molecular formula is C9H16N4S. The maximum Gasteiger partial charge on any atom is 0.144 e. The van der Waals surface area contributed by atoms with E-state index in [0.717, 1.165) is 17.3 Å². The maximum atomic E-state index is 5.43. The molecule has 1 heterocycles. The SMILES string of the molecule is CCSCC(C)Nc1cnc(N)cn1. The van der Waals surface area contributed by atoms with Gasteiger partial charge in [-0.1, -0.05) is 6.92 Å². The lowest BCUT2D eigenvalue weighted by Crippen LogP contribution is -2.19. The highest BCUT2D eigenvalue weighted by atomic mass is 32.2. The van der Waals surface area contributed by atoms with Crippen molar-refractivity contribution < 1.29 is 0 Å². The summed E-state index contributed by atoms with van der Waals surface area (Å²) in [5, 5.41) is 3.25. The molecule has 78 valence electrons. The summed E-state index contributed by atoms with van der Waals surface area (Å²) in [7, 11) is 0. The summed E-state index contributed by atoms with van der Waals surface area (Å²) in [6, 6.07) is 0.401. The Kier molecular flexibility index (Phi) is 4.52. The summed E-state index contributed by atoms with van der Waals surface area (Å²) < 4.78 is 0. The third-order valence-corrected chi connectivity index (χ3v) is 2.78. The molecule has 1 unspecified atom stereocenters. The van der Waals surface area contributed by atoms with Gasteiger partial charge in [0.05, 0.1) is 12.4 Å². The molecular weight excluding hydrogens is 196 g/mol. The Labute approximate surface area is 88.7 Å². The Hall–Kier alpha value is -0.970. The van der Waals surface area contributed by atoms with E-state index in [9.17, 15) is 0 Å². The highest BCUT2D eigenvalue weighted by molar-refractivity contribution is 7.99. The van der Waals surface area contributed by atoms with Gasteiger partial charge in [0.2, 0.25) is 0 Å². The van der Waals surface area contributed by atoms with E-state index in [0.29, 0.717) is 11.9 Å². The number of rotatable bonds is 5. The van der Waals surface area contributed by atoms with Crippen LogP contribution in [0.2, 0.25) is 0 Å². The molecule has 5 heteroatoms. The number of hydrogen-bond donors (Lipinski definition) is 2. The van der Waals surface area contributed by atoms with E-state index in [4.69, 9.17) is 5.73 Å². The van der Waals surface area contributed by atoms with Gasteiger partial charge in [-0.3, -0.25) is 0 Å². The van der Waals surface area contributed by atoms with Crippen molar-refractivity contribution in [3.05, 3.63) is 12.4 Å². The van der Waals surface area contributed by atoms with Crippen LogP contribution < -0.4 is 11.1 Å². The van der Waals surface area contributed by atoms with E-state index in [-0.39, 0.29) is 0 Å². The van der Waals surface area contributed by atoms with Crippen LogP contribution in [0.4, 0.5) is 11.6 Å². The van der Waals surface area contributed by atoms with Crippen molar-refractivity contribution in [3.63, 3.8) is 0 Å². The number of aromatic nitrogens is 2. The van der Waals surface area contributed by atoms with E-state index in [1.165, 1.54) is 0 Å². The summed E-state index contributed by atoms with van der Waals surface area (Å²) in [6.45, 7) is 4.28. The van der Waals surface area contributed by atoms with E-state index < -0.39 is 0 Å². The zero-order chi connectivity index (χ0) is 10.4. The van der Waals surface area contributed by atoms with Crippen molar-refractivity contribution >= 4 is 23.4 Å². The second kappa shape index (κ2) is 5.70. The average Bonchev–Trinajstić information content (AvgIpc) is 2.18. The third kappa shape index (κ3) is 3.83. The molecule has 1 atom stereocenters. The molecule has 0 aliphatic rings. The van der Waals surface area contributed by atoms with E-state index in [1.807, 2.05) is 11.8 Å². The third-order valence-electron chi connectivity index (χ3n) is 1.64. The van der Waals surface area contributed by atoms with Crippen LogP contribution in [0, 0.1) is 0 Å². The van der Waals surface area contributed by atoms with Gasteiger partial charge in [0.25, 0.3) is 0 Å². The number of nitrogens with one attached hydrogen (secondary N) is 1. The normalized spacial score (nSPS) is 12.4. The minimum absolute atomic E-state index is 0.401. The standard InChI is InChI=1S/C9H16N4S/c1-3-14-6-7(2)13-9-5-11-8(10)4-12-9/h4-5,7H,3,6H2,1-2H3,(H2,10,11)(H,12,13). The topological polar surface area (TPSA) is 63.8 Å². The number of nitrogen functional groups attached to an aromatic ring is 1. The minimum Gasteiger partial charge on any atom is -0.382 e. The number of thioether (sulfide) groups is 1. The van der Waals surface area contributed by atoms with Gasteiger partial charge in [0, 0.05) is 11.8 Å². The van der Waals surface area contributed by atoms with Crippen LogP contribution in [0.25, 0.3) is 0 Å². The molecule has 3 N–H and O–H groups in total. The first-order chi connectivity index (χ1) is 6.72. The largest absolute Gasteiger partial charge is 0.382 e. The molecule has 0 spiro atoms. The first-order valence-corrected chi connectivity index (χ1v) is 5.79. The molecule has 0 radical (unpaired) electrons. The summed E-state index contributed by atoms with van der Waals surface area (Å²) in [6.07, 6.45) is 3.21. The zero-order valence-corrected chi connectivity index (χ0v) is 9.34. The second-order valence-electron chi connectivity index (χ2n) is 3.03. The Morgan fingerprint density at radius 1 is 1.50 bits per heavy atom. The predicted molar refractivity (Wildman–Crippen MR) is 62.5 cm³/mol. The molecule has 0 bridgehead atoms. The second-order valence-corrected chi connectivity index (χ2v) is 4.35. The Bertz CT molecular complexity index is 262. The average molecular weight is 212 g/mol. The van der Waals surface area contributed by atoms with Crippen LogP contribution in [0.1, 0.15) is 13.8 Å². The number of anilines is 2. The zero-order valence-electron chi connectivity index (χ0n) is 8.53. The monoisotopic (exact) mass is 212 g/mol. The first kappa shape index (κ1) is 11.1. The highest BCUT2D eigenvalue weighted by Crippen LogP contribution is 2.07. The fraction of sp³-hybridized carbons (Fsp3) is 0.556. The van der Waals surface area contributed by atoms with E-state index in [1.54, 1.807) is 12.4 Å². The fourth-order valence-electron chi connectivity index (χ4n) is 1.00. The van der Waals surface area contributed by atoms with Crippen LogP contribution in [0.3, 0.4) is 0 Å². The van der Waals surface area contributed by atoms with E-state index >= 15 is 0 Å². The van der Waals surface area contributed by atoms with Gasteiger partial charge in [-0.05, 0) is 12.7 Å². The van der Waals surface area contributed by atoms with Crippen LogP contribution in [0.15, 0.2) is 12.4 Å². The fourth-order valence-corrected chi connectivity index (χ4v) is 1.67. The van der Waals surface area contributed by atoms with Gasteiger partial charge < -0.3 is 11.1 Å². The maximum absolute atomic E-state index is 5.43. The molecule has 0 aromatic carbocycles. The van der Waals surface area contributed by atoms with Gasteiger partial charge in [0.1, 0.15) is 11.6 Å². The quantitative estimate of drug-likeness (QED) is 0.776. The van der Waals surface area contributed by atoms with Crippen molar-refractivity contribution in [2.75, 3.05) is 22.6 Å². The molecule has 0 saturated carbocycles. The van der Waals surface area contributed by atoms with Crippen LogP contribution in [0.5, 0.6) is 0 Å². The molecule has 0 aliphatic heterocycles. The first-order valence-electron chi connectivity index (χ1n) is 4.64. The van der Waals surface area contributed by atoms with Crippen molar-refractivity contribution in [1.82, 2.24) is 9.97 Å². The lowest BCUT2D eigenvalue weighted by atomic mass is 10.4. The van der Waals surface area contributed by atoms with Gasteiger partial charge in [0.15, 0.2) is 0 Å². The Balaban J connectivity index is 2.39. The molecule has 1 rings (SSSR count). The van der Waals surface area contributed by atoms with Crippen molar-refractivity contribution in [2.45, 2.75) is 19.9 Å². The van der Waals surface area contributed by atoms with Gasteiger partial charge in [-0.2, -0.15) is 11.8 Å². The molecule has 1 aromatic rings. The van der Waals surface area contributed by atoms with E-state index in [2.05, 4.69) is 29.1 Å². The molecule has 1 aromatic heterocycles. The van der Waals surface area contributed by atoms with Gasteiger partial charge in [-0.25, -0.2) is 9.97 Å². The summed E-state index contributed by atoms with van der Waals surface area (Å²) >= 11 is 1.90. The molecule has 0 fully saturated rings. The minimum atomic E-state index is 0.401. The van der Waals surface area contributed by atoms with Crippen molar-refractivity contribution in [1.29, 1.82) is 0 Å². The van der Waals surface area contributed by atoms with Crippen molar-refractivity contribution in [2.24, 2.45) is 0 Å². The molecule has 0 saturated heterocycles. The summed E-state index contributed by atoms with van der Waals surface area (Å²) in [5.74, 6) is 3.44. The smallest absolute Gasteiger partial charge is 0.144 e. The van der Waals surface area contributed by atoms with Crippen LogP contribution >= 0.6 is 11.8 Å². The number of hydrogen-bond acceptors (Lipinski definition) is 5. The summed E-state index contributed by atoms with van der Waals surface area (Å²) in [4.78, 5) is 8.08. The molecule has 0 amide bonds. The van der Waals surface area contributed by atoms with Gasteiger partial charge in [-0.15, -0.1) is 0 Å².